The van der Waals surface area contributed by atoms with Gasteiger partial charge in [-0.05, 0) is 47.9 Å². The molecular weight excluding hydrogens is 338 g/mol. The molecule has 0 bridgehead atoms. The lowest BCUT2D eigenvalue weighted by Gasteiger charge is -2.18. The molecule has 0 aliphatic heterocycles. The minimum Gasteiger partial charge on any atom is -0.480 e. The zero-order chi connectivity index (χ0) is 19.6. The van der Waals surface area contributed by atoms with E-state index in [2.05, 4.69) is 42.6 Å². The van der Waals surface area contributed by atoms with Crippen molar-refractivity contribution in [2.75, 3.05) is 0 Å². The Morgan fingerprint density at radius 3 is 2.48 bits per heavy atom. The average Bonchev–Trinajstić information content (AvgIpc) is 2.92. The Hall–Kier alpha value is -2.62. The number of carbonyl (C=O) groups is 2. The van der Waals surface area contributed by atoms with E-state index in [-0.39, 0.29) is 17.7 Å². The van der Waals surface area contributed by atoms with Gasteiger partial charge in [0, 0.05) is 12.3 Å². The molecule has 0 fully saturated rings. The zero-order valence-corrected chi connectivity index (χ0v) is 16.2. The molecule has 2 atom stereocenters. The summed E-state index contributed by atoms with van der Waals surface area (Å²) in [5.41, 5.74) is 6.20. The molecule has 0 spiro atoms. The SMILES string of the molecule is Cc1ccc2c(c1)C(CCC(=O)N[C@@H](CC(C)C)C(=O)O)c1ccccc1-2. The summed E-state index contributed by atoms with van der Waals surface area (Å²) in [6.07, 6.45) is 1.43. The smallest absolute Gasteiger partial charge is 0.326 e. The van der Waals surface area contributed by atoms with Crippen LogP contribution in [-0.4, -0.2) is 23.0 Å². The van der Waals surface area contributed by atoms with Crippen LogP contribution in [0.4, 0.5) is 0 Å². The maximum Gasteiger partial charge on any atom is 0.326 e. The fourth-order valence-corrected chi connectivity index (χ4v) is 3.98. The third kappa shape index (κ3) is 4.21. The highest BCUT2D eigenvalue weighted by Crippen LogP contribution is 2.46. The molecule has 1 aliphatic carbocycles. The second kappa shape index (κ2) is 7.95. The number of carboxylic acids is 1. The second-order valence-corrected chi connectivity index (χ2v) is 7.86. The van der Waals surface area contributed by atoms with Crippen LogP contribution >= 0.6 is 0 Å². The van der Waals surface area contributed by atoms with E-state index in [1.165, 1.54) is 27.8 Å². The summed E-state index contributed by atoms with van der Waals surface area (Å²) in [5.74, 6) is -0.774. The van der Waals surface area contributed by atoms with Crippen LogP contribution in [0.1, 0.15) is 55.7 Å². The summed E-state index contributed by atoms with van der Waals surface area (Å²) in [4.78, 5) is 23.8. The Labute approximate surface area is 160 Å². The predicted molar refractivity (Wildman–Crippen MR) is 107 cm³/mol. The quantitative estimate of drug-likeness (QED) is 0.759. The molecule has 0 aromatic heterocycles. The summed E-state index contributed by atoms with van der Waals surface area (Å²) in [7, 11) is 0. The summed E-state index contributed by atoms with van der Waals surface area (Å²) in [5, 5.41) is 12.0. The largest absolute Gasteiger partial charge is 0.480 e. The zero-order valence-electron chi connectivity index (χ0n) is 16.2. The van der Waals surface area contributed by atoms with Gasteiger partial charge in [-0.25, -0.2) is 4.79 Å². The van der Waals surface area contributed by atoms with E-state index in [9.17, 15) is 14.7 Å². The van der Waals surface area contributed by atoms with Gasteiger partial charge < -0.3 is 10.4 Å². The van der Waals surface area contributed by atoms with E-state index in [1.807, 2.05) is 26.0 Å². The Morgan fingerprint density at radius 2 is 1.78 bits per heavy atom. The highest BCUT2D eigenvalue weighted by molar-refractivity contribution is 5.84. The van der Waals surface area contributed by atoms with E-state index >= 15 is 0 Å². The van der Waals surface area contributed by atoms with E-state index in [1.54, 1.807) is 0 Å². The number of nitrogens with one attached hydrogen (secondary N) is 1. The molecule has 1 unspecified atom stereocenters. The Bertz CT molecular complexity index is 856. The third-order valence-electron chi connectivity index (χ3n) is 5.21. The van der Waals surface area contributed by atoms with Crippen molar-refractivity contribution in [2.24, 2.45) is 5.92 Å². The summed E-state index contributed by atoms with van der Waals surface area (Å²) < 4.78 is 0. The van der Waals surface area contributed by atoms with Gasteiger partial charge in [-0.1, -0.05) is 61.9 Å². The lowest BCUT2D eigenvalue weighted by molar-refractivity contribution is -0.142. The Balaban J connectivity index is 1.73. The average molecular weight is 365 g/mol. The van der Waals surface area contributed by atoms with Crippen LogP contribution in [0.3, 0.4) is 0 Å². The van der Waals surface area contributed by atoms with Crippen molar-refractivity contribution in [3.63, 3.8) is 0 Å². The highest BCUT2D eigenvalue weighted by atomic mass is 16.4. The molecule has 2 aromatic carbocycles. The van der Waals surface area contributed by atoms with Crippen LogP contribution in [-0.2, 0) is 9.59 Å². The van der Waals surface area contributed by atoms with Crippen LogP contribution in [0, 0.1) is 12.8 Å². The monoisotopic (exact) mass is 365 g/mol. The van der Waals surface area contributed by atoms with Crippen LogP contribution in [0.5, 0.6) is 0 Å². The normalized spacial score (nSPS) is 15.9. The number of hydrogen-bond donors (Lipinski definition) is 2. The summed E-state index contributed by atoms with van der Waals surface area (Å²) in [6, 6.07) is 14.0. The molecule has 0 saturated carbocycles. The molecular formula is C23H27NO3. The Kier molecular flexibility index (Phi) is 5.64. The number of benzene rings is 2. The number of amides is 1. The molecule has 4 nitrogen and oxygen atoms in total. The van der Waals surface area contributed by atoms with Gasteiger partial charge in [-0.3, -0.25) is 4.79 Å². The number of aliphatic carboxylic acids is 1. The highest BCUT2D eigenvalue weighted by Gasteiger charge is 2.29. The van der Waals surface area contributed by atoms with Crippen molar-refractivity contribution in [1.29, 1.82) is 0 Å². The van der Waals surface area contributed by atoms with E-state index in [0.29, 0.717) is 19.3 Å². The Morgan fingerprint density at radius 1 is 1.07 bits per heavy atom. The van der Waals surface area contributed by atoms with Crippen molar-refractivity contribution in [2.45, 2.75) is 52.0 Å². The van der Waals surface area contributed by atoms with Crippen molar-refractivity contribution in [3.8, 4) is 11.1 Å². The van der Waals surface area contributed by atoms with Gasteiger partial charge in [0.05, 0.1) is 0 Å². The topological polar surface area (TPSA) is 66.4 Å². The first-order chi connectivity index (χ1) is 12.9. The molecule has 4 heteroatoms. The number of aryl methyl sites for hydroxylation is 1. The standard InChI is InChI=1S/C23H27NO3/c1-14(2)12-21(23(26)27)24-22(25)11-10-19-17-7-5-4-6-16(17)18-9-8-15(3)13-20(18)19/h4-9,13-14,19,21H,10-12H2,1-3H3,(H,24,25)(H,26,27)/t19?,21-/m0/s1. The first kappa shape index (κ1) is 19.2. The number of carboxylic acid groups (broad SMARTS) is 1. The first-order valence-corrected chi connectivity index (χ1v) is 9.58. The van der Waals surface area contributed by atoms with Gasteiger partial charge in [0.1, 0.15) is 6.04 Å². The number of fused-ring (bicyclic) bond motifs is 3. The molecule has 0 saturated heterocycles. The molecule has 27 heavy (non-hydrogen) atoms. The third-order valence-corrected chi connectivity index (χ3v) is 5.21. The fraction of sp³-hybridized carbons (Fsp3) is 0.391. The van der Waals surface area contributed by atoms with Gasteiger partial charge in [0.25, 0.3) is 0 Å². The van der Waals surface area contributed by atoms with Gasteiger partial charge in [0.2, 0.25) is 5.91 Å². The molecule has 0 radical (unpaired) electrons. The lowest BCUT2D eigenvalue weighted by Crippen LogP contribution is -2.41. The van der Waals surface area contributed by atoms with Crippen molar-refractivity contribution >= 4 is 11.9 Å². The summed E-state index contributed by atoms with van der Waals surface area (Å²) >= 11 is 0. The number of rotatable bonds is 7. The van der Waals surface area contributed by atoms with Crippen LogP contribution in [0.25, 0.3) is 11.1 Å². The van der Waals surface area contributed by atoms with Crippen LogP contribution < -0.4 is 5.32 Å². The van der Waals surface area contributed by atoms with Gasteiger partial charge in [-0.2, -0.15) is 0 Å². The maximum absolute atomic E-state index is 12.4. The van der Waals surface area contributed by atoms with Crippen molar-refractivity contribution in [1.82, 2.24) is 5.32 Å². The molecule has 3 rings (SSSR count). The van der Waals surface area contributed by atoms with Crippen LogP contribution in [0.2, 0.25) is 0 Å². The maximum atomic E-state index is 12.4. The number of hydrogen-bond acceptors (Lipinski definition) is 2. The molecule has 1 aliphatic rings. The fourth-order valence-electron chi connectivity index (χ4n) is 3.98. The van der Waals surface area contributed by atoms with E-state index < -0.39 is 12.0 Å². The van der Waals surface area contributed by atoms with Crippen molar-refractivity contribution < 1.29 is 14.7 Å². The molecule has 2 aromatic rings. The minimum atomic E-state index is -0.968. The van der Waals surface area contributed by atoms with Gasteiger partial charge >= 0.3 is 5.97 Å². The van der Waals surface area contributed by atoms with E-state index in [0.717, 1.165) is 0 Å². The van der Waals surface area contributed by atoms with E-state index in [4.69, 9.17) is 0 Å². The van der Waals surface area contributed by atoms with Gasteiger partial charge in [0.15, 0.2) is 0 Å². The molecule has 142 valence electrons. The molecule has 2 N–H and O–H groups in total. The lowest BCUT2D eigenvalue weighted by atomic mass is 9.91. The van der Waals surface area contributed by atoms with Crippen LogP contribution in [0.15, 0.2) is 42.5 Å². The first-order valence-electron chi connectivity index (χ1n) is 9.58. The molecule has 1 amide bonds. The van der Waals surface area contributed by atoms with Gasteiger partial charge in [-0.15, -0.1) is 0 Å². The second-order valence-electron chi connectivity index (χ2n) is 7.86. The van der Waals surface area contributed by atoms with Crippen molar-refractivity contribution in [3.05, 3.63) is 59.2 Å². The predicted octanol–water partition coefficient (Wildman–Crippen LogP) is 4.50. The number of carbonyl (C=O) groups excluding carboxylic acids is 1. The molecule has 0 heterocycles. The minimum absolute atomic E-state index is 0.176. The summed E-state index contributed by atoms with van der Waals surface area (Å²) in [6.45, 7) is 5.99.